The Hall–Kier alpha value is -1.67. The van der Waals surface area contributed by atoms with E-state index in [1.54, 1.807) is 0 Å². The Morgan fingerprint density at radius 2 is 2.10 bits per heavy atom. The van der Waals surface area contributed by atoms with E-state index in [4.69, 9.17) is 4.74 Å². The molecular formula is C15H18F2N2O. The first kappa shape index (κ1) is 14.7. The van der Waals surface area contributed by atoms with Crippen molar-refractivity contribution >= 4 is 0 Å². The minimum absolute atomic E-state index is 0.122. The van der Waals surface area contributed by atoms with E-state index < -0.39 is 17.2 Å². The zero-order chi connectivity index (χ0) is 14.8. The predicted molar refractivity (Wildman–Crippen MR) is 71.2 cm³/mol. The van der Waals surface area contributed by atoms with Gasteiger partial charge in [-0.3, -0.25) is 5.32 Å². The molecule has 0 radical (unpaired) electrons. The van der Waals surface area contributed by atoms with Gasteiger partial charge in [0, 0.05) is 12.1 Å². The van der Waals surface area contributed by atoms with Crippen molar-refractivity contribution in [3.8, 4) is 11.8 Å². The molecule has 1 saturated carbocycles. The molecule has 20 heavy (non-hydrogen) atoms. The van der Waals surface area contributed by atoms with Crippen LogP contribution in [-0.4, -0.2) is 18.2 Å². The summed E-state index contributed by atoms with van der Waals surface area (Å²) in [6.07, 6.45) is 1.96. The van der Waals surface area contributed by atoms with E-state index in [2.05, 4.69) is 11.4 Å². The molecule has 1 unspecified atom stereocenters. The molecule has 1 aliphatic rings. The van der Waals surface area contributed by atoms with Crippen molar-refractivity contribution < 1.29 is 13.5 Å². The normalized spacial score (nSPS) is 17.6. The maximum absolute atomic E-state index is 13.1. The Bertz CT molecular complexity index is 523. The summed E-state index contributed by atoms with van der Waals surface area (Å²) in [4.78, 5) is 0. The fraction of sp³-hybridized carbons (Fsp3) is 0.533. The van der Waals surface area contributed by atoms with E-state index in [-0.39, 0.29) is 24.3 Å². The standard InChI is InChI=1S/C15H18F2N2O/c1-10(2)19-15(8-18,11-3-4-11)9-20-12-5-6-13(16)14(17)7-12/h5-7,10-11,19H,3-4,9H2,1-2H3. The van der Waals surface area contributed by atoms with Gasteiger partial charge < -0.3 is 4.74 Å². The van der Waals surface area contributed by atoms with Crippen LogP contribution in [0.4, 0.5) is 8.78 Å². The van der Waals surface area contributed by atoms with Gasteiger partial charge in [-0.1, -0.05) is 0 Å². The molecule has 1 N–H and O–H groups in total. The van der Waals surface area contributed by atoms with Gasteiger partial charge in [0.1, 0.15) is 17.9 Å². The molecule has 0 bridgehead atoms. The zero-order valence-corrected chi connectivity index (χ0v) is 11.6. The average molecular weight is 280 g/mol. The number of halogens is 2. The van der Waals surface area contributed by atoms with Crippen molar-refractivity contribution in [3.63, 3.8) is 0 Å². The van der Waals surface area contributed by atoms with Gasteiger partial charge in [0.15, 0.2) is 11.6 Å². The molecule has 0 aromatic heterocycles. The van der Waals surface area contributed by atoms with Crippen molar-refractivity contribution in [2.75, 3.05) is 6.61 Å². The molecule has 2 rings (SSSR count). The molecule has 0 spiro atoms. The van der Waals surface area contributed by atoms with Crippen LogP contribution in [0.5, 0.6) is 5.75 Å². The van der Waals surface area contributed by atoms with Crippen LogP contribution in [0.2, 0.25) is 0 Å². The highest BCUT2D eigenvalue weighted by Gasteiger charge is 2.46. The molecule has 1 aromatic carbocycles. The fourth-order valence-corrected chi connectivity index (χ4v) is 2.29. The van der Waals surface area contributed by atoms with Crippen molar-refractivity contribution in [2.24, 2.45) is 5.92 Å². The summed E-state index contributed by atoms with van der Waals surface area (Å²) in [5, 5.41) is 12.7. The summed E-state index contributed by atoms with van der Waals surface area (Å²) in [5.74, 6) is -1.38. The number of nitrogens with one attached hydrogen (secondary N) is 1. The predicted octanol–water partition coefficient (Wildman–Crippen LogP) is 3.01. The Kier molecular flexibility index (Phi) is 4.24. The van der Waals surface area contributed by atoms with Crippen molar-refractivity contribution in [3.05, 3.63) is 29.8 Å². The van der Waals surface area contributed by atoms with Crippen LogP contribution in [0.25, 0.3) is 0 Å². The molecule has 0 heterocycles. The molecule has 3 nitrogen and oxygen atoms in total. The lowest BCUT2D eigenvalue weighted by atomic mass is 9.95. The number of nitriles is 1. The van der Waals surface area contributed by atoms with Gasteiger partial charge in [-0.15, -0.1) is 0 Å². The Labute approximate surface area is 117 Å². The van der Waals surface area contributed by atoms with Gasteiger partial charge in [0.25, 0.3) is 0 Å². The summed E-state index contributed by atoms with van der Waals surface area (Å²) >= 11 is 0. The highest BCUT2D eigenvalue weighted by atomic mass is 19.2. The largest absolute Gasteiger partial charge is 0.490 e. The summed E-state index contributed by atoms with van der Waals surface area (Å²) in [5.41, 5.74) is -0.765. The Morgan fingerprint density at radius 1 is 1.40 bits per heavy atom. The lowest BCUT2D eigenvalue weighted by molar-refractivity contribution is 0.192. The average Bonchev–Trinajstić information content (AvgIpc) is 3.23. The van der Waals surface area contributed by atoms with Crippen molar-refractivity contribution in [2.45, 2.75) is 38.3 Å². The molecule has 1 atom stereocenters. The van der Waals surface area contributed by atoms with E-state index in [1.807, 2.05) is 13.8 Å². The van der Waals surface area contributed by atoms with E-state index in [1.165, 1.54) is 6.07 Å². The third-order valence-corrected chi connectivity index (χ3v) is 3.38. The van der Waals surface area contributed by atoms with E-state index in [0.29, 0.717) is 0 Å². The quantitative estimate of drug-likeness (QED) is 0.871. The number of hydrogen-bond acceptors (Lipinski definition) is 3. The Morgan fingerprint density at radius 3 is 2.60 bits per heavy atom. The number of hydrogen-bond donors (Lipinski definition) is 1. The number of nitrogens with zero attached hydrogens (tertiary/aromatic N) is 1. The molecule has 108 valence electrons. The van der Waals surface area contributed by atoms with Gasteiger partial charge >= 0.3 is 0 Å². The van der Waals surface area contributed by atoms with Crippen LogP contribution in [-0.2, 0) is 0 Å². The highest BCUT2D eigenvalue weighted by Crippen LogP contribution is 2.40. The summed E-state index contributed by atoms with van der Waals surface area (Å²) in [6, 6.07) is 5.83. The number of ether oxygens (including phenoxy) is 1. The van der Waals surface area contributed by atoms with Crippen LogP contribution >= 0.6 is 0 Å². The molecule has 1 aromatic rings. The molecule has 5 heteroatoms. The number of rotatable bonds is 6. The highest BCUT2D eigenvalue weighted by molar-refractivity contribution is 5.25. The van der Waals surface area contributed by atoms with Gasteiger partial charge in [-0.2, -0.15) is 5.26 Å². The third-order valence-electron chi connectivity index (χ3n) is 3.38. The molecule has 0 saturated heterocycles. The SMILES string of the molecule is CC(C)NC(C#N)(COc1ccc(F)c(F)c1)C1CC1. The van der Waals surface area contributed by atoms with Gasteiger partial charge in [0.2, 0.25) is 0 Å². The molecule has 0 aliphatic heterocycles. The fourth-order valence-electron chi connectivity index (χ4n) is 2.29. The second kappa shape index (κ2) is 5.76. The smallest absolute Gasteiger partial charge is 0.162 e. The lowest BCUT2D eigenvalue weighted by Crippen LogP contribution is -2.53. The first-order valence-electron chi connectivity index (χ1n) is 6.73. The summed E-state index contributed by atoms with van der Waals surface area (Å²) < 4.78 is 31.5. The third kappa shape index (κ3) is 3.26. The van der Waals surface area contributed by atoms with Crippen LogP contribution in [0.3, 0.4) is 0 Å². The first-order chi connectivity index (χ1) is 9.47. The summed E-state index contributed by atoms with van der Waals surface area (Å²) in [7, 11) is 0. The van der Waals surface area contributed by atoms with E-state index in [9.17, 15) is 14.0 Å². The van der Waals surface area contributed by atoms with Crippen LogP contribution < -0.4 is 10.1 Å². The van der Waals surface area contributed by atoms with E-state index in [0.717, 1.165) is 25.0 Å². The molecule has 1 aliphatic carbocycles. The second-order valence-corrected chi connectivity index (χ2v) is 5.52. The lowest BCUT2D eigenvalue weighted by Gasteiger charge is -2.30. The van der Waals surface area contributed by atoms with Gasteiger partial charge in [0.05, 0.1) is 6.07 Å². The van der Waals surface area contributed by atoms with Gasteiger partial charge in [-0.05, 0) is 44.7 Å². The molecule has 0 amide bonds. The Balaban J connectivity index is 2.08. The van der Waals surface area contributed by atoms with Crippen LogP contribution in [0.1, 0.15) is 26.7 Å². The summed E-state index contributed by atoms with van der Waals surface area (Å²) in [6.45, 7) is 4.05. The van der Waals surface area contributed by atoms with Crippen LogP contribution in [0.15, 0.2) is 18.2 Å². The van der Waals surface area contributed by atoms with E-state index >= 15 is 0 Å². The monoisotopic (exact) mass is 280 g/mol. The minimum atomic E-state index is -0.951. The maximum atomic E-state index is 13.1. The van der Waals surface area contributed by atoms with Gasteiger partial charge in [-0.25, -0.2) is 8.78 Å². The maximum Gasteiger partial charge on any atom is 0.162 e. The molecular weight excluding hydrogens is 262 g/mol. The van der Waals surface area contributed by atoms with Crippen LogP contribution in [0, 0.1) is 28.9 Å². The minimum Gasteiger partial charge on any atom is -0.490 e. The molecule has 1 fully saturated rings. The number of benzene rings is 1. The first-order valence-corrected chi connectivity index (χ1v) is 6.73. The zero-order valence-electron chi connectivity index (χ0n) is 11.6. The topological polar surface area (TPSA) is 45.0 Å². The van der Waals surface area contributed by atoms with Crippen molar-refractivity contribution in [1.82, 2.24) is 5.32 Å². The second-order valence-electron chi connectivity index (χ2n) is 5.52. The van der Waals surface area contributed by atoms with Crippen molar-refractivity contribution in [1.29, 1.82) is 5.26 Å².